The molecule has 2 aromatic rings. The van der Waals surface area contributed by atoms with Gasteiger partial charge in [-0.05, 0) is 41.8 Å². The van der Waals surface area contributed by atoms with E-state index >= 15 is 0 Å². The van der Waals surface area contributed by atoms with Crippen molar-refractivity contribution in [3.8, 4) is 22.6 Å². The van der Waals surface area contributed by atoms with Gasteiger partial charge in [0.15, 0.2) is 6.29 Å². The lowest BCUT2D eigenvalue weighted by molar-refractivity contribution is -0.274. The average molecular weight is 366 g/mol. The molecule has 0 aliphatic heterocycles. The summed E-state index contributed by atoms with van der Waals surface area (Å²) >= 11 is 0. The van der Waals surface area contributed by atoms with E-state index in [4.69, 9.17) is 4.74 Å². The van der Waals surface area contributed by atoms with E-state index in [1.54, 1.807) is 18.2 Å². The van der Waals surface area contributed by atoms with Gasteiger partial charge >= 0.3 is 6.36 Å². The molecule has 0 atom stereocenters. The number of hydrogen-bond donors (Lipinski definition) is 0. The topological polar surface area (TPSA) is 35.5 Å². The fourth-order valence-electron chi connectivity index (χ4n) is 2.50. The van der Waals surface area contributed by atoms with Crippen LogP contribution in [0.1, 0.15) is 43.0 Å². The summed E-state index contributed by atoms with van der Waals surface area (Å²) in [6, 6.07) is 10.7. The van der Waals surface area contributed by atoms with Gasteiger partial charge in [-0.1, -0.05) is 44.4 Å². The van der Waals surface area contributed by atoms with Crippen LogP contribution in [0.15, 0.2) is 42.5 Å². The highest BCUT2D eigenvalue weighted by Crippen LogP contribution is 2.29. The molecule has 0 spiro atoms. The molecule has 0 saturated heterocycles. The highest BCUT2D eigenvalue weighted by atomic mass is 19.4. The number of hydrogen-bond acceptors (Lipinski definition) is 3. The third-order valence-corrected chi connectivity index (χ3v) is 3.82. The van der Waals surface area contributed by atoms with E-state index in [1.165, 1.54) is 24.3 Å². The Labute approximate surface area is 150 Å². The molecular formula is C20H21F3O3. The van der Waals surface area contributed by atoms with Crippen molar-refractivity contribution in [3.63, 3.8) is 0 Å². The Kier molecular flexibility index (Phi) is 7.06. The van der Waals surface area contributed by atoms with Crippen LogP contribution in [0.2, 0.25) is 0 Å². The Hall–Kier alpha value is -2.50. The lowest BCUT2D eigenvalue weighted by Gasteiger charge is -2.12. The third-order valence-electron chi connectivity index (χ3n) is 3.82. The first-order valence-corrected chi connectivity index (χ1v) is 8.51. The number of ether oxygens (including phenoxy) is 2. The molecule has 0 bridgehead atoms. The second-order valence-electron chi connectivity index (χ2n) is 5.85. The van der Waals surface area contributed by atoms with E-state index in [0.717, 1.165) is 37.5 Å². The highest BCUT2D eigenvalue weighted by molar-refractivity contribution is 5.82. The standard InChI is InChI=1S/C20H21F3O3/c1-2-3-4-5-12-25-19-13-16(6-7-17(19)14-24)15-8-10-18(11-9-15)26-20(21,22)23/h6-11,13-14H,2-5,12H2,1H3. The largest absolute Gasteiger partial charge is 0.573 e. The van der Waals surface area contributed by atoms with Crippen LogP contribution in [0.25, 0.3) is 11.1 Å². The summed E-state index contributed by atoms with van der Waals surface area (Å²) in [6.45, 7) is 2.64. The molecule has 0 amide bonds. The maximum Gasteiger partial charge on any atom is 0.573 e. The number of benzene rings is 2. The molecule has 2 aromatic carbocycles. The quantitative estimate of drug-likeness (QED) is 0.402. The van der Waals surface area contributed by atoms with Gasteiger partial charge in [0.25, 0.3) is 0 Å². The number of rotatable bonds is 9. The molecule has 26 heavy (non-hydrogen) atoms. The number of carbonyl (C=O) groups is 1. The normalized spacial score (nSPS) is 11.2. The molecule has 0 radical (unpaired) electrons. The summed E-state index contributed by atoms with van der Waals surface area (Å²) in [7, 11) is 0. The predicted octanol–water partition coefficient (Wildman–Crippen LogP) is 6.02. The van der Waals surface area contributed by atoms with Crippen molar-refractivity contribution in [1.82, 2.24) is 0 Å². The van der Waals surface area contributed by atoms with Gasteiger partial charge in [-0.3, -0.25) is 4.79 Å². The van der Waals surface area contributed by atoms with Gasteiger partial charge in [0.05, 0.1) is 12.2 Å². The molecule has 0 heterocycles. The zero-order chi connectivity index (χ0) is 19.0. The number of alkyl halides is 3. The molecule has 0 saturated carbocycles. The summed E-state index contributed by atoms with van der Waals surface area (Å²) in [5.41, 5.74) is 1.90. The molecule has 0 unspecified atom stereocenters. The molecule has 0 aliphatic carbocycles. The van der Waals surface area contributed by atoms with Crippen LogP contribution >= 0.6 is 0 Å². The van der Waals surface area contributed by atoms with Gasteiger partial charge in [0.2, 0.25) is 0 Å². The molecule has 0 fully saturated rings. The average Bonchev–Trinajstić information content (AvgIpc) is 2.61. The summed E-state index contributed by atoms with van der Waals surface area (Å²) in [5.74, 6) is 0.197. The summed E-state index contributed by atoms with van der Waals surface area (Å²) < 4.78 is 46.3. The number of aldehydes is 1. The van der Waals surface area contributed by atoms with E-state index in [9.17, 15) is 18.0 Å². The maximum absolute atomic E-state index is 12.2. The van der Waals surface area contributed by atoms with E-state index < -0.39 is 6.36 Å². The first-order chi connectivity index (χ1) is 12.4. The molecule has 0 N–H and O–H groups in total. The van der Waals surface area contributed by atoms with Crippen molar-refractivity contribution in [2.75, 3.05) is 6.61 Å². The minimum Gasteiger partial charge on any atom is -0.493 e. The van der Waals surface area contributed by atoms with E-state index in [2.05, 4.69) is 11.7 Å². The number of halogens is 3. The number of carbonyl (C=O) groups excluding carboxylic acids is 1. The first-order valence-electron chi connectivity index (χ1n) is 8.51. The fourth-order valence-corrected chi connectivity index (χ4v) is 2.50. The van der Waals surface area contributed by atoms with Crippen LogP contribution in [0, 0.1) is 0 Å². The minimum absolute atomic E-state index is 0.279. The zero-order valence-corrected chi connectivity index (χ0v) is 14.5. The Morgan fingerprint density at radius 2 is 1.65 bits per heavy atom. The van der Waals surface area contributed by atoms with Crippen molar-refractivity contribution in [2.24, 2.45) is 0 Å². The van der Waals surface area contributed by atoms with Crippen molar-refractivity contribution in [1.29, 1.82) is 0 Å². The predicted molar refractivity (Wildman–Crippen MR) is 93.6 cm³/mol. The third kappa shape index (κ3) is 6.10. The van der Waals surface area contributed by atoms with Crippen molar-refractivity contribution >= 4 is 6.29 Å². The van der Waals surface area contributed by atoms with Crippen LogP contribution in [-0.4, -0.2) is 19.3 Å². The van der Waals surface area contributed by atoms with Crippen LogP contribution in [0.4, 0.5) is 13.2 Å². The molecule has 3 nitrogen and oxygen atoms in total. The Bertz CT molecular complexity index is 709. The van der Waals surface area contributed by atoms with Crippen molar-refractivity contribution < 1.29 is 27.4 Å². The molecule has 140 valence electrons. The Balaban J connectivity index is 2.11. The monoisotopic (exact) mass is 366 g/mol. The van der Waals surface area contributed by atoms with Crippen molar-refractivity contribution in [2.45, 2.75) is 39.0 Å². The van der Waals surface area contributed by atoms with Crippen LogP contribution in [-0.2, 0) is 0 Å². The second kappa shape index (κ2) is 9.27. The van der Waals surface area contributed by atoms with Gasteiger partial charge < -0.3 is 9.47 Å². The van der Waals surface area contributed by atoms with Gasteiger partial charge in [0.1, 0.15) is 11.5 Å². The first kappa shape index (κ1) is 19.8. The minimum atomic E-state index is -4.72. The molecule has 2 rings (SSSR count). The van der Waals surface area contributed by atoms with E-state index in [1.807, 2.05) is 0 Å². The Morgan fingerprint density at radius 3 is 2.27 bits per heavy atom. The maximum atomic E-state index is 12.2. The van der Waals surface area contributed by atoms with Crippen LogP contribution in [0.3, 0.4) is 0 Å². The SMILES string of the molecule is CCCCCCOc1cc(-c2ccc(OC(F)(F)F)cc2)ccc1C=O. The van der Waals surface area contributed by atoms with Gasteiger partial charge in [-0.25, -0.2) is 0 Å². The lowest BCUT2D eigenvalue weighted by Crippen LogP contribution is -2.16. The molecule has 6 heteroatoms. The van der Waals surface area contributed by atoms with E-state index in [0.29, 0.717) is 23.5 Å². The second-order valence-corrected chi connectivity index (χ2v) is 5.85. The molecule has 0 aliphatic rings. The smallest absolute Gasteiger partial charge is 0.493 e. The summed E-state index contributed by atoms with van der Waals surface area (Å²) in [6.07, 6.45) is 0.240. The molecule has 0 aromatic heterocycles. The van der Waals surface area contributed by atoms with Crippen LogP contribution in [0.5, 0.6) is 11.5 Å². The zero-order valence-electron chi connectivity index (χ0n) is 14.5. The van der Waals surface area contributed by atoms with Gasteiger partial charge in [-0.2, -0.15) is 0 Å². The van der Waals surface area contributed by atoms with Gasteiger partial charge in [-0.15, -0.1) is 13.2 Å². The highest BCUT2D eigenvalue weighted by Gasteiger charge is 2.30. The molecular weight excluding hydrogens is 345 g/mol. The fraction of sp³-hybridized carbons (Fsp3) is 0.350. The number of unbranched alkanes of at least 4 members (excludes halogenated alkanes) is 3. The van der Waals surface area contributed by atoms with Gasteiger partial charge in [0, 0.05) is 0 Å². The Morgan fingerprint density at radius 1 is 0.962 bits per heavy atom. The van der Waals surface area contributed by atoms with E-state index in [-0.39, 0.29) is 5.75 Å². The lowest BCUT2D eigenvalue weighted by atomic mass is 10.0. The van der Waals surface area contributed by atoms with Crippen molar-refractivity contribution in [3.05, 3.63) is 48.0 Å². The van der Waals surface area contributed by atoms with Crippen LogP contribution < -0.4 is 9.47 Å². The summed E-state index contributed by atoms with van der Waals surface area (Å²) in [4.78, 5) is 11.2. The summed E-state index contributed by atoms with van der Waals surface area (Å²) in [5, 5.41) is 0.